The lowest BCUT2D eigenvalue weighted by Gasteiger charge is -2.16. The van der Waals surface area contributed by atoms with Crippen molar-refractivity contribution in [3.63, 3.8) is 0 Å². The number of nitrogens with one attached hydrogen (secondary N) is 1. The number of carbonyl (C=O) groups is 1. The fourth-order valence-corrected chi connectivity index (χ4v) is 3.03. The summed E-state index contributed by atoms with van der Waals surface area (Å²) in [5.74, 6) is -0.268. The Bertz CT molecular complexity index is 721. The van der Waals surface area contributed by atoms with E-state index in [0.29, 0.717) is 0 Å². The first kappa shape index (κ1) is 16.1. The summed E-state index contributed by atoms with van der Waals surface area (Å²) in [6.07, 6.45) is 9.22. The van der Waals surface area contributed by atoms with E-state index >= 15 is 0 Å². The van der Waals surface area contributed by atoms with E-state index < -0.39 is 4.92 Å². The van der Waals surface area contributed by atoms with Crippen LogP contribution in [0.2, 0.25) is 0 Å². The van der Waals surface area contributed by atoms with E-state index in [0.717, 1.165) is 25.7 Å². The molecule has 1 fully saturated rings. The molecule has 0 aliphatic heterocycles. The third-order valence-electron chi connectivity index (χ3n) is 4.29. The van der Waals surface area contributed by atoms with Crippen molar-refractivity contribution in [3.05, 3.63) is 46.5 Å². The lowest BCUT2D eigenvalue weighted by Crippen LogP contribution is -2.34. The highest BCUT2D eigenvalue weighted by Crippen LogP contribution is 2.24. The average molecular weight is 329 g/mol. The van der Waals surface area contributed by atoms with E-state index in [4.69, 9.17) is 0 Å². The van der Waals surface area contributed by atoms with Crippen molar-refractivity contribution < 1.29 is 9.72 Å². The van der Waals surface area contributed by atoms with Crippen LogP contribution in [0.5, 0.6) is 0 Å². The van der Waals surface area contributed by atoms with Gasteiger partial charge in [-0.3, -0.25) is 14.9 Å². The molecule has 0 bridgehead atoms. The smallest absolute Gasteiger partial charge is 0.295 e. The van der Waals surface area contributed by atoms with Crippen molar-refractivity contribution >= 4 is 11.6 Å². The molecule has 3 rings (SSSR count). The Balaban J connectivity index is 1.81. The van der Waals surface area contributed by atoms with Gasteiger partial charge >= 0.3 is 0 Å². The molecular formula is C16H19N5O3. The highest BCUT2D eigenvalue weighted by molar-refractivity contribution is 5.95. The highest BCUT2D eigenvalue weighted by Gasteiger charge is 2.21. The second-order valence-corrected chi connectivity index (χ2v) is 5.96. The maximum absolute atomic E-state index is 12.4. The molecular weight excluding hydrogens is 310 g/mol. The Hall–Kier alpha value is -2.77. The Labute approximate surface area is 139 Å². The summed E-state index contributed by atoms with van der Waals surface area (Å²) in [5, 5.41) is 18.2. The van der Waals surface area contributed by atoms with Crippen molar-refractivity contribution in [3.8, 4) is 5.69 Å². The zero-order valence-electron chi connectivity index (χ0n) is 13.2. The minimum absolute atomic E-state index is 0.147. The SMILES string of the molecule is O=C(NC1CCCCCC1)c1ccc(-n2cncn2)c([N+](=O)[O-])c1. The normalized spacial score (nSPS) is 15.7. The van der Waals surface area contributed by atoms with Gasteiger partial charge in [0.15, 0.2) is 0 Å². The minimum Gasteiger partial charge on any atom is -0.349 e. The number of nitrogens with zero attached hydrogens (tertiary/aromatic N) is 4. The number of hydrogen-bond acceptors (Lipinski definition) is 5. The van der Waals surface area contributed by atoms with Gasteiger partial charge in [-0.2, -0.15) is 5.10 Å². The summed E-state index contributed by atoms with van der Waals surface area (Å²) < 4.78 is 1.31. The van der Waals surface area contributed by atoms with Gasteiger partial charge in [-0.05, 0) is 25.0 Å². The van der Waals surface area contributed by atoms with Crippen molar-refractivity contribution in [1.82, 2.24) is 20.1 Å². The molecule has 1 aliphatic rings. The first-order valence-electron chi connectivity index (χ1n) is 8.09. The highest BCUT2D eigenvalue weighted by atomic mass is 16.6. The molecule has 1 saturated carbocycles. The number of hydrogen-bond donors (Lipinski definition) is 1. The van der Waals surface area contributed by atoms with Crippen LogP contribution in [-0.2, 0) is 0 Å². The standard InChI is InChI=1S/C16H19N5O3/c22-16(19-13-5-3-1-2-4-6-13)12-7-8-14(15(9-12)21(23)24)20-11-17-10-18-20/h7-11,13H,1-6H2,(H,19,22). The third-order valence-corrected chi connectivity index (χ3v) is 4.29. The molecule has 0 unspecified atom stereocenters. The van der Waals surface area contributed by atoms with E-state index in [1.54, 1.807) is 6.07 Å². The van der Waals surface area contributed by atoms with Gasteiger partial charge in [0.1, 0.15) is 18.3 Å². The summed E-state index contributed by atoms with van der Waals surface area (Å²) in [7, 11) is 0. The van der Waals surface area contributed by atoms with E-state index in [1.165, 1.54) is 42.3 Å². The number of rotatable bonds is 4. The van der Waals surface area contributed by atoms with Crippen molar-refractivity contribution in [1.29, 1.82) is 0 Å². The predicted octanol–water partition coefficient (Wildman–Crippen LogP) is 2.63. The van der Waals surface area contributed by atoms with Crippen molar-refractivity contribution in [2.75, 3.05) is 0 Å². The molecule has 8 heteroatoms. The molecule has 24 heavy (non-hydrogen) atoms. The number of amides is 1. The molecule has 1 aromatic carbocycles. The van der Waals surface area contributed by atoms with Gasteiger partial charge in [0, 0.05) is 17.7 Å². The number of benzene rings is 1. The molecule has 1 N–H and O–H groups in total. The van der Waals surface area contributed by atoms with Crippen LogP contribution in [0.25, 0.3) is 5.69 Å². The fourth-order valence-electron chi connectivity index (χ4n) is 3.03. The quantitative estimate of drug-likeness (QED) is 0.527. The lowest BCUT2D eigenvalue weighted by molar-refractivity contribution is -0.384. The van der Waals surface area contributed by atoms with Gasteiger partial charge in [0.05, 0.1) is 4.92 Å². The largest absolute Gasteiger partial charge is 0.349 e. The summed E-state index contributed by atoms with van der Waals surface area (Å²) in [6, 6.07) is 4.54. The Morgan fingerprint density at radius 2 is 2.00 bits per heavy atom. The van der Waals surface area contributed by atoms with Crippen molar-refractivity contribution in [2.24, 2.45) is 0 Å². The molecule has 1 heterocycles. The van der Waals surface area contributed by atoms with E-state index in [2.05, 4.69) is 15.4 Å². The maximum atomic E-state index is 12.4. The summed E-state index contributed by atoms with van der Waals surface area (Å²) >= 11 is 0. The van der Waals surface area contributed by atoms with Crippen LogP contribution in [0, 0.1) is 10.1 Å². The molecule has 0 spiro atoms. The minimum atomic E-state index is -0.514. The van der Waals surface area contributed by atoms with Crippen LogP contribution < -0.4 is 5.32 Å². The van der Waals surface area contributed by atoms with Gasteiger partial charge in [0.25, 0.3) is 11.6 Å². The fraction of sp³-hybridized carbons (Fsp3) is 0.438. The van der Waals surface area contributed by atoms with Crippen LogP contribution >= 0.6 is 0 Å². The topological polar surface area (TPSA) is 103 Å². The molecule has 126 valence electrons. The molecule has 0 radical (unpaired) electrons. The second-order valence-electron chi connectivity index (χ2n) is 5.96. The Morgan fingerprint density at radius 1 is 1.25 bits per heavy atom. The van der Waals surface area contributed by atoms with E-state index in [-0.39, 0.29) is 28.9 Å². The number of nitro benzene ring substituents is 1. The summed E-state index contributed by atoms with van der Waals surface area (Å²) in [5.41, 5.74) is 0.396. The summed E-state index contributed by atoms with van der Waals surface area (Å²) in [4.78, 5) is 27.0. The van der Waals surface area contributed by atoms with Crippen LogP contribution in [-0.4, -0.2) is 31.6 Å². The van der Waals surface area contributed by atoms with Crippen LogP contribution in [0.4, 0.5) is 5.69 Å². The number of aromatic nitrogens is 3. The first-order chi connectivity index (χ1) is 11.6. The molecule has 8 nitrogen and oxygen atoms in total. The zero-order chi connectivity index (χ0) is 16.9. The van der Waals surface area contributed by atoms with Crippen LogP contribution in [0.3, 0.4) is 0 Å². The van der Waals surface area contributed by atoms with Gasteiger partial charge in [-0.15, -0.1) is 0 Å². The number of carbonyl (C=O) groups excluding carboxylic acids is 1. The molecule has 0 atom stereocenters. The molecule has 1 amide bonds. The van der Waals surface area contributed by atoms with Gasteiger partial charge < -0.3 is 5.32 Å². The second kappa shape index (κ2) is 7.20. The zero-order valence-corrected chi connectivity index (χ0v) is 13.2. The van der Waals surface area contributed by atoms with Gasteiger partial charge in [0.2, 0.25) is 0 Å². The molecule has 0 saturated heterocycles. The summed E-state index contributed by atoms with van der Waals surface area (Å²) in [6.45, 7) is 0. The third kappa shape index (κ3) is 3.58. The molecule has 1 aliphatic carbocycles. The Kier molecular flexibility index (Phi) is 4.83. The lowest BCUT2D eigenvalue weighted by atomic mass is 10.1. The van der Waals surface area contributed by atoms with E-state index in [1.807, 2.05) is 0 Å². The van der Waals surface area contributed by atoms with E-state index in [9.17, 15) is 14.9 Å². The van der Waals surface area contributed by atoms with Gasteiger partial charge in [-0.25, -0.2) is 9.67 Å². The van der Waals surface area contributed by atoms with Crippen LogP contribution in [0.15, 0.2) is 30.9 Å². The molecule has 2 aromatic rings. The number of nitro groups is 1. The predicted molar refractivity (Wildman–Crippen MR) is 87.0 cm³/mol. The first-order valence-corrected chi connectivity index (χ1v) is 8.09. The average Bonchev–Trinajstić information content (AvgIpc) is 2.99. The maximum Gasteiger partial charge on any atom is 0.295 e. The monoisotopic (exact) mass is 329 g/mol. The molecule has 1 aromatic heterocycles. The van der Waals surface area contributed by atoms with Crippen LogP contribution in [0.1, 0.15) is 48.9 Å². The van der Waals surface area contributed by atoms with Gasteiger partial charge in [-0.1, -0.05) is 25.7 Å². The Morgan fingerprint density at radius 3 is 2.62 bits per heavy atom. The van der Waals surface area contributed by atoms with Crippen molar-refractivity contribution in [2.45, 2.75) is 44.6 Å².